The van der Waals surface area contributed by atoms with Gasteiger partial charge in [0, 0.05) is 5.69 Å². The first-order valence-electron chi connectivity index (χ1n) is 6.64. The summed E-state index contributed by atoms with van der Waals surface area (Å²) in [6.07, 6.45) is 5.51. The molecule has 0 radical (unpaired) electrons. The minimum absolute atomic E-state index is 0.162. The summed E-state index contributed by atoms with van der Waals surface area (Å²) < 4.78 is 3.64. The van der Waals surface area contributed by atoms with Gasteiger partial charge in [-0.25, -0.2) is 9.13 Å². The number of nitrogen functional groups attached to an aromatic ring is 2. The molecule has 1 amide bonds. The molecule has 0 bridgehead atoms. The Labute approximate surface area is 123 Å². The van der Waals surface area contributed by atoms with Crippen LogP contribution in [0.25, 0.3) is 0 Å². The van der Waals surface area contributed by atoms with E-state index in [2.05, 4.69) is 0 Å². The zero-order chi connectivity index (χ0) is 15.4. The third-order valence-electron chi connectivity index (χ3n) is 2.95. The fraction of sp³-hybridized carbons (Fsp3) is 0.286. The van der Waals surface area contributed by atoms with E-state index in [1.165, 1.54) is 5.06 Å². The molecule has 0 unspecified atom stereocenters. The van der Waals surface area contributed by atoms with Crippen molar-refractivity contribution in [2.75, 3.05) is 18.0 Å². The van der Waals surface area contributed by atoms with Gasteiger partial charge in [-0.2, -0.15) is 5.06 Å². The molecular weight excluding hydrogens is 270 g/mol. The predicted octanol–water partition coefficient (Wildman–Crippen LogP) is 0.320. The molecule has 0 atom stereocenters. The number of amides is 1. The van der Waals surface area contributed by atoms with E-state index in [1.54, 1.807) is 22.8 Å². The van der Waals surface area contributed by atoms with Crippen molar-refractivity contribution in [1.82, 2.24) is 9.63 Å². The third-order valence-corrected chi connectivity index (χ3v) is 2.95. The molecule has 7 heteroatoms. The standard InChI is InChI=1S/C14H20N5O2/c1-3-19(14(20)9-18-7-6-17(2)10-18)21-13-5-4-11(15)8-12(13)16/h4-8,10H,3,9,15-16H2,1-2H3/q+1. The van der Waals surface area contributed by atoms with Gasteiger partial charge in [0.05, 0.1) is 19.3 Å². The fourth-order valence-electron chi connectivity index (χ4n) is 1.89. The molecule has 0 saturated carbocycles. The number of carbonyl (C=O) groups is 1. The van der Waals surface area contributed by atoms with Crippen molar-refractivity contribution in [2.45, 2.75) is 13.5 Å². The van der Waals surface area contributed by atoms with E-state index in [0.717, 1.165) is 0 Å². The Bertz CT molecular complexity index is 638. The summed E-state index contributed by atoms with van der Waals surface area (Å²) in [5.74, 6) is 0.252. The number of nitrogens with two attached hydrogens (primary N) is 2. The quantitative estimate of drug-likeness (QED) is 0.471. The largest absolute Gasteiger partial charge is 0.399 e. The van der Waals surface area contributed by atoms with E-state index in [0.29, 0.717) is 23.7 Å². The van der Waals surface area contributed by atoms with Gasteiger partial charge in [0.25, 0.3) is 5.91 Å². The highest BCUT2D eigenvalue weighted by Crippen LogP contribution is 2.24. The van der Waals surface area contributed by atoms with Crippen LogP contribution in [0.2, 0.25) is 0 Å². The van der Waals surface area contributed by atoms with Crippen molar-refractivity contribution >= 4 is 17.3 Å². The normalized spacial score (nSPS) is 10.4. The summed E-state index contributed by atoms with van der Waals surface area (Å²) in [5, 5.41) is 1.28. The van der Waals surface area contributed by atoms with Crippen LogP contribution in [0.3, 0.4) is 0 Å². The Morgan fingerprint density at radius 3 is 2.76 bits per heavy atom. The zero-order valence-electron chi connectivity index (χ0n) is 12.2. The Kier molecular flexibility index (Phi) is 4.32. The van der Waals surface area contributed by atoms with E-state index < -0.39 is 0 Å². The average Bonchev–Trinajstić information content (AvgIpc) is 2.83. The first-order valence-corrected chi connectivity index (χ1v) is 6.64. The van der Waals surface area contributed by atoms with Crippen molar-refractivity contribution < 1.29 is 14.2 Å². The SMILES string of the molecule is CCN(Oc1ccc(N)cc1N)C(=O)Cn1cc[n+](C)c1. The van der Waals surface area contributed by atoms with Crippen LogP contribution >= 0.6 is 0 Å². The molecular formula is C14H20N5O2+. The van der Waals surface area contributed by atoms with Gasteiger partial charge in [-0.1, -0.05) is 0 Å². The van der Waals surface area contributed by atoms with Crippen molar-refractivity contribution in [1.29, 1.82) is 0 Å². The lowest BCUT2D eigenvalue weighted by atomic mass is 10.3. The second-order valence-corrected chi connectivity index (χ2v) is 4.73. The molecule has 1 heterocycles. The minimum atomic E-state index is -0.162. The number of aromatic nitrogens is 2. The number of nitrogens with zero attached hydrogens (tertiary/aromatic N) is 3. The maximum Gasteiger partial charge on any atom is 0.297 e. The van der Waals surface area contributed by atoms with E-state index >= 15 is 0 Å². The molecule has 0 aliphatic heterocycles. The van der Waals surface area contributed by atoms with Crippen LogP contribution in [0.5, 0.6) is 5.75 Å². The lowest BCUT2D eigenvalue weighted by Crippen LogP contribution is -2.37. The first kappa shape index (κ1) is 14.7. The van der Waals surface area contributed by atoms with Crippen molar-refractivity contribution in [3.8, 4) is 5.75 Å². The summed E-state index contributed by atoms with van der Waals surface area (Å²) >= 11 is 0. The summed E-state index contributed by atoms with van der Waals surface area (Å²) in [4.78, 5) is 17.8. The number of aryl methyl sites for hydroxylation is 1. The van der Waals surface area contributed by atoms with Crippen LogP contribution in [0.15, 0.2) is 36.9 Å². The number of hydrogen-bond donors (Lipinski definition) is 2. The number of likely N-dealkylation sites (N-methyl/N-ethyl adjacent to an activating group) is 1. The van der Waals surface area contributed by atoms with Gasteiger partial charge in [0.2, 0.25) is 6.33 Å². The second kappa shape index (κ2) is 6.17. The van der Waals surface area contributed by atoms with Crippen LogP contribution in [-0.4, -0.2) is 22.1 Å². The molecule has 0 spiro atoms. The first-order chi connectivity index (χ1) is 9.99. The predicted molar refractivity (Wildman–Crippen MR) is 78.9 cm³/mol. The highest BCUT2D eigenvalue weighted by atomic mass is 16.7. The average molecular weight is 290 g/mol. The van der Waals surface area contributed by atoms with Gasteiger partial charge in [-0.15, -0.1) is 0 Å². The lowest BCUT2D eigenvalue weighted by molar-refractivity contribution is -0.671. The number of rotatable bonds is 5. The zero-order valence-corrected chi connectivity index (χ0v) is 12.2. The van der Waals surface area contributed by atoms with Gasteiger partial charge < -0.3 is 16.3 Å². The molecule has 0 aliphatic rings. The molecule has 1 aromatic carbocycles. The Morgan fingerprint density at radius 2 is 2.19 bits per heavy atom. The van der Waals surface area contributed by atoms with Crippen LogP contribution in [-0.2, 0) is 18.4 Å². The Balaban J connectivity index is 2.06. The molecule has 2 rings (SSSR count). The van der Waals surface area contributed by atoms with E-state index in [4.69, 9.17) is 16.3 Å². The fourth-order valence-corrected chi connectivity index (χ4v) is 1.89. The number of hydroxylamine groups is 2. The lowest BCUT2D eigenvalue weighted by Gasteiger charge is -2.21. The molecule has 2 aromatic rings. The van der Waals surface area contributed by atoms with E-state index in [9.17, 15) is 4.79 Å². The van der Waals surface area contributed by atoms with Crippen LogP contribution in [0, 0.1) is 0 Å². The monoisotopic (exact) mass is 290 g/mol. The Morgan fingerprint density at radius 1 is 1.43 bits per heavy atom. The van der Waals surface area contributed by atoms with Crippen LogP contribution in [0.4, 0.5) is 11.4 Å². The van der Waals surface area contributed by atoms with Gasteiger partial charge in [-0.3, -0.25) is 4.79 Å². The summed E-state index contributed by atoms with van der Waals surface area (Å²) in [7, 11) is 1.89. The van der Waals surface area contributed by atoms with Crippen molar-refractivity contribution in [3.05, 3.63) is 36.9 Å². The van der Waals surface area contributed by atoms with Crippen LogP contribution < -0.4 is 20.9 Å². The highest BCUT2D eigenvalue weighted by molar-refractivity contribution is 5.75. The number of imidazole rings is 1. The van der Waals surface area contributed by atoms with Crippen LogP contribution in [0.1, 0.15) is 6.92 Å². The smallest absolute Gasteiger partial charge is 0.297 e. The molecule has 21 heavy (non-hydrogen) atoms. The number of hydrogen-bond acceptors (Lipinski definition) is 4. The van der Waals surface area contributed by atoms with Crippen molar-refractivity contribution in [2.24, 2.45) is 7.05 Å². The number of anilines is 2. The van der Waals surface area contributed by atoms with Gasteiger partial charge in [-0.05, 0) is 25.1 Å². The summed E-state index contributed by atoms with van der Waals surface area (Å²) in [6.45, 7) is 2.45. The Hall–Kier alpha value is -2.70. The van der Waals surface area contributed by atoms with E-state index in [1.807, 2.05) is 37.3 Å². The molecule has 0 fully saturated rings. The molecule has 1 aromatic heterocycles. The third kappa shape index (κ3) is 3.65. The van der Waals surface area contributed by atoms with Gasteiger partial charge in [0.1, 0.15) is 12.4 Å². The highest BCUT2D eigenvalue weighted by Gasteiger charge is 2.18. The topological polar surface area (TPSA) is 90.4 Å². The maximum atomic E-state index is 12.2. The molecule has 4 N–H and O–H groups in total. The summed E-state index contributed by atoms with van der Waals surface area (Å²) in [5.41, 5.74) is 12.4. The molecule has 0 saturated heterocycles. The molecule has 0 aliphatic carbocycles. The van der Waals surface area contributed by atoms with Crippen molar-refractivity contribution in [3.63, 3.8) is 0 Å². The second-order valence-electron chi connectivity index (χ2n) is 4.73. The number of benzene rings is 1. The van der Waals surface area contributed by atoms with Gasteiger partial charge in [0.15, 0.2) is 12.3 Å². The number of carbonyl (C=O) groups excluding carboxylic acids is 1. The van der Waals surface area contributed by atoms with Gasteiger partial charge >= 0.3 is 0 Å². The summed E-state index contributed by atoms with van der Waals surface area (Å²) in [6, 6.07) is 4.92. The molecule has 112 valence electrons. The molecule has 7 nitrogen and oxygen atoms in total. The minimum Gasteiger partial charge on any atom is -0.399 e. The maximum absolute atomic E-state index is 12.2. The van der Waals surface area contributed by atoms with E-state index in [-0.39, 0.29) is 12.5 Å².